The SMILES string of the molecule is CN=C(NCc1ccnc(OC)c1)NC1CCN(c2cc(Cl)ccc2OC)C1.I. The summed E-state index contributed by atoms with van der Waals surface area (Å²) in [6.07, 6.45) is 2.73. The second-order valence-corrected chi connectivity index (χ2v) is 6.96. The van der Waals surface area contributed by atoms with E-state index in [9.17, 15) is 0 Å². The highest BCUT2D eigenvalue weighted by Gasteiger charge is 2.25. The Balaban J connectivity index is 0.00000300. The van der Waals surface area contributed by atoms with Gasteiger partial charge in [-0.15, -0.1) is 24.0 Å². The molecule has 2 heterocycles. The summed E-state index contributed by atoms with van der Waals surface area (Å²) in [6.45, 7) is 2.41. The fourth-order valence-electron chi connectivity index (χ4n) is 3.25. The smallest absolute Gasteiger partial charge is 0.213 e. The third-order valence-corrected chi connectivity index (χ3v) is 4.94. The molecule has 3 rings (SSSR count). The number of nitrogens with one attached hydrogen (secondary N) is 2. The Hall–Kier alpha value is -1.94. The van der Waals surface area contributed by atoms with Crippen LogP contribution in [0.3, 0.4) is 0 Å². The Labute approximate surface area is 193 Å². The van der Waals surface area contributed by atoms with Gasteiger partial charge in [0.1, 0.15) is 5.75 Å². The number of aliphatic imine (C=N–C) groups is 1. The molecule has 1 aromatic heterocycles. The van der Waals surface area contributed by atoms with Gasteiger partial charge in [-0.2, -0.15) is 0 Å². The summed E-state index contributed by atoms with van der Waals surface area (Å²) < 4.78 is 10.7. The van der Waals surface area contributed by atoms with E-state index in [0.717, 1.165) is 42.5 Å². The molecule has 2 aromatic rings. The summed E-state index contributed by atoms with van der Waals surface area (Å²) in [5.41, 5.74) is 2.10. The van der Waals surface area contributed by atoms with Crippen LogP contribution in [-0.2, 0) is 6.54 Å². The number of hydrogen-bond donors (Lipinski definition) is 2. The largest absolute Gasteiger partial charge is 0.495 e. The van der Waals surface area contributed by atoms with Gasteiger partial charge in [-0.25, -0.2) is 4.98 Å². The maximum Gasteiger partial charge on any atom is 0.213 e. The monoisotopic (exact) mass is 531 g/mol. The number of ether oxygens (including phenoxy) is 2. The highest BCUT2D eigenvalue weighted by Crippen LogP contribution is 2.33. The van der Waals surface area contributed by atoms with Gasteiger partial charge in [0.15, 0.2) is 5.96 Å². The van der Waals surface area contributed by atoms with Crippen LogP contribution in [0.25, 0.3) is 0 Å². The zero-order valence-corrected chi connectivity index (χ0v) is 19.9. The van der Waals surface area contributed by atoms with Gasteiger partial charge >= 0.3 is 0 Å². The van der Waals surface area contributed by atoms with E-state index in [4.69, 9.17) is 21.1 Å². The highest BCUT2D eigenvalue weighted by atomic mass is 127. The van der Waals surface area contributed by atoms with Gasteiger partial charge in [0.25, 0.3) is 0 Å². The minimum Gasteiger partial charge on any atom is -0.495 e. The van der Waals surface area contributed by atoms with Gasteiger partial charge in [0.2, 0.25) is 5.88 Å². The van der Waals surface area contributed by atoms with Gasteiger partial charge < -0.3 is 25.0 Å². The summed E-state index contributed by atoms with van der Waals surface area (Å²) in [7, 11) is 5.06. The van der Waals surface area contributed by atoms with Crippen molar-refractivity contribution in [2.45, 2.75) is 19.0 Å². The average molecular weight is 532 g/mol. The number of nitrogens with zero attached hydrogens (tertiary/aromatic N) is 3. The Morgan fingerprint density at radius 2 is 2.10 bits per heavy atom. The summed E-state index contributed by atoms with van der Waals surface area (Å²) in [4.78, 5) is 10.7. The molecule has 0 amide bonds. The van der Waals surface area contributed by atoms with Crippen molar-refractivity contribution in [3.05, 3.63) is 47.1 Å². The van der Waals surface area contributed by atoms with Crippen molar-refractivity contribution in [1.82, 2.24) is 15.6 Å². The minimum atomic E-state index is 0. The highest BCUT2D eigenvalue weighted by molar-refractivity contribution is 14.0. The number of pyridine rings is 1. The standard InChI is InChI=1S/C20H26ClN5O2.HI/c1-22-20(24-12-14-6-8-23-19(10-14)28-3)25-16-7-9-26(13-16)17-11-15(21)4-5-18(17)27-2;/h4-6,8,10-11,16H,7,9,12-13H2,1-3H3,(H2,22,24,25);1H. The summed E-state index contributed by atoms with van der Waals surface area (Å²) in [5, 5.41) is 7.54. The Morgan fingerprint density at radius 1 is 1.28 bits per heavy atom. The second kappa shape index (κ2) is 11.3. The molecule has 158 valence electrons. The van der Waals surface area contributed by atoms with Gasteiger partial charge in [-0.05, 0) is 36.2 Å². The molecule has 0 spiro atoms. The van der Waals surface area contributed by atoms with Crippen molar-refractivity contribution >= 4 is 47.2 Å². The molecule has 0 saturated carbocycles. The van der Waals surface area contributed by atoms with Crippen molar-refractivity contribution in [2.24, 2.45) is 4.99 Å². The number of aromatic nitrogens is 1. The van der Waals surface area contributed by atoms with Crippen molar-refractivity contribution < 1.29 is 9.47 Å². The van der Waals surface area contributed by atoms with Gasteiger partial charge in [-0.1, -0.05) is 11.6 Å². The average Bonchev–Trinajstić information content (AvgIpc) is 3.19. The molecule has 29 heavy (non-hydrogen) atoms. The van der Waals surface area contributed by atoms with Crippen molar-refractivity contribution in [1.29, 1.82) is 0 Å². The Kier molecular flexibility index (Phi) is 9.09. The van der Waals surface area contributed by atoms with Gasteiger partial charge in [0.05, 0.1) is 19.9 Å². The molecule has 1 unspecified atom stereocenters. The first kappa shape index (κ1) is 23.3. The molecule has 0 bridgehead atoms. The lowest BCUT2D eigenvalue weighted by Crippen LogP contribution is -2.44. The molecule has 1 fully saturated rings. The molecule has 1 atom stereocenters. The number of hydrogen-bond acceptors (Lipinski definition) is 5. The quantitative estimate of drug-likeness (QED) is 0.339. The van der Waals surface area contributed by atoms with Gasteiger partial charge in [-0.3, -0.25) is 4.99 Å². The number of anilines is 1. The molecular formula is C20H27ClIN5O2. The third kappa shape index (κ3) is 6.27. The summed E-state index contributed by atoms with van der Waals surface area (Å²) in [6, 6.07) is 9.83. The van der Waals surface area contributed by atoms with E-state index < -0.39 is 0 Å². The first-order valence-electron chi connectivity index (χ1n) is 9.17. The zero-order chi connectivity index (χ0) is 19.9. The third-order valence-electron chi connectivity index (χ3n) is 4.70. The zero-order valence-electron chi connectivity index (χ0n) is 16.8. The van der Waals surface area contributed by atoms with Crippen LogP contribution in [0, 0.1) is 0 Å². The number of benzene rings is 1. The van der Waals surface area contributed by atoms with Crippen LogP contribution in [0.2, 0.25) is 5.02 Å². The van der Waals surface area contributed by atoms with E-state index in [-0.39, 0.29) is 30.0 Å². The molecule has 2 N–H and O–H groups in total. The van der Waals surface area contributed by atoms with Crippen LogP contribution < -0.4 is 25.0 Å². The molecule has 0 radical (unpaired) electrons. The predicted molar refractivity (Wildman–Crippen MR) is 128 cm³/mol. The van der Waals surface area contributed by atoms with E-state index in [2.05, 4.69) is 25.5 Å². The number of rotatable bonds is 6. The van der Waals surface area contributed by atoms with E-state index in [1.54, 1.807) is 27.5 Å². The normalized spacial score (nSPS) is 16.2. The number of guanidine groups is 1. The summed E-state index contributed by atoms with van der Waals surface area (Å²) in [5.74, 6) is 2.20. The molecular weight excluding hydrogens is 505 g/mol. The Morgan fingerprint density at radius 3 is 2.83 bits per heavy atom. The van der Waals surface area contributed by atoms with Crippen LogP contribution in [-0.4, -0.2) is 51.3 Å². The molecule has 1 aliphatic rings. The summed E-state index contributed by atoms with van der Waals surface area (Å²) >= 11 is 6.18. The topological polar surface area (TPSA) is 71.0 Å². The molecule has 1 aliphatic heterocycles. The van der Waals surface area contributed by atoms with Crippen molar-refractivity contribution in [3.63, 3.8) is 0 Å². The number of halogens is 2. The van der Waals surface area contributed by atoms with E-state index in [1.807, 2.05) is 30.3 Å². The van der Waals surface area contributed by atoms with Crippen LogP contribution in [0.5, 0.6) is 11.6 Å². The van der Waals surface area contributed by atoms with Gasteiger partial charge in [0, 0.05) is 50.0 Å². The lowest BCUT2D eigenvalue weighted by molar-refractivity contribution is 0.397. The first-order chi connectivity index (χ1) is 13.6. The molecule has 1 aromatic carbocycles. The number of methoxy groups -OCH3 is 2. The molecule has 1 saturated heterocycles. The Bertz CT molecular complexity index is 836. The molecule has 0 aliphatic carbocycles. The van der Waals surface area contributed by atoms with Crippen LogP contribution in [0.1, 0.15) is 12.0 Å². The lowest BCUT2D eigenvalue weighted by atomic mass is 10.2. The predicted octanol–water partition coefficient (Wildman–Crippen LogP) is 3.31. The van der Waals surface area contributed by atoms with E-state index >= 15 is 0 Å². The fourth-order valence-corrected chi connectivity index (χ4v) is 3.42. The van der Waals surface area contributed by atoms with E-state index in [0.29, 0.717) is 17.4 Å². The van der Waals surface area contributed by atoms with Crippen molar-refractivity contribution in [2.75, 3.05) is 39.3 Å². The molecule has 9 heteroatoms. The van der Waals surface area contributed by atoms with Crippen LogP contribution in [0.4, 0.5) is 5.69 Å². The maximum absolute atomic E-state index is 6.18. The van der Waals surface area contributed by atoms with Crippen LogP contribution in [0.15, 0.2) is 41.5 Å². The molecule has 7 nitrogen and oxygen atoms in total. The van der Waals surface area contributed by atoms with E-state index in [1.165, 1.54) is 0 Å². The minimum absolute atomic E-state index is 0. The lowest BCUT2D eigenvalue weighted by Gasteiger charge is -2.22. The maximum atomic E-state index is 6.18. The fraction of sp³-hybridized carbons (Fsp3) is 0.400. The van der Waals surface area contributed by atoms with Crippen molar-refractivity contribution in [3.8, 4) is 11.6 Å². The van der Waals surface area contributed by atoms with Crippen LogP contribution >= 0.6 is 35.6 Å². The first-order valence-corrected chi connectivity index (χ1v) is 9.55. The second-order valence-electron chi connectivity index (χ2n) is 6.52.